The van der Waals surface area contributed by atoms with E-state index in [2.05, 4.69) is 19.2 Å². The largest absolute Gasteiger partial charge is 0.339 e. The Morgan fingerprint density at radius 3 is 2.62 bits per heavy atom. The Labute approximate surface area is 173 Å². The summed E-state index contributed by atoms with van der Waals surface area (Å²) in [4.78, 5) is 27.4. The van der Waals surface area contributed by atoms with Crippen molar-refractivity contribution >= 4 is 27.5 Å². The number of carbonyl (C=O) groups is 2. The van der Waals surface area contributed by atoms with Crippen LogP contribution in [0.25, 0.3) is 0 Å². The molecule has 0 spiro atoms. The Hall–Kier alpha value is -1.93. The van der Waals surface area contributed by atoms with Gasteiger partial charge in [0.15, 0.2) is 0 Å². The standard InChI is InChI=1S/C21H31N3O4S/c1-14-7-5-10-19(15(14)2)24-13-16(11-20(24)25)21(26)22-17-8-6-9-18(12-17)29(27,28)23(3)4/h6,8-9,12,14-16,19H,5,7,10-11,13H2,1-4H3,(H,22,26)/t14-,15+,16+,19-/m0/s1. The molecule has 0 unspecified atom stereocenters. The lowest BCUT2D eigenvalue weighted by Crippen LogP contribution is -2.45. The monoisotopic (exact) mass is 421 g/mol. The summed E-state index contributed by atoms with van der Waals surface area (Å²) in [5, 5.41) is 2.80. The van der Waals surface area contributed by atoms with E-state index in [0.717, 1.165) is 17.1 Å². The molecule has 160 valence electrons. The highest BCUT2D eigenvalue weighted by Crippen LogP contribution is 2.36. The quantitative estimate of drug-likeness (QED) is 0.792. The van der Waals surface area contributed by atoms with E-state index in [1.807, 2.05) is 4.90 Å². The Balaban J connectivity index is 1.69. The van der Waals surface area contributed by atoms with E-state index in [1.165, 1.54) is 32.6 Å². The van der Waals surface area contributed by atoms with Crippen LogP contribution in [0, 0.1) is 17.8 Å². The van der Waals surface area contributed by atoms with Crippen LogP contribution in [0.1, 0.15) is 39.5 Å². The Morgan fingerprint density at radius 1 is 1.21 bits per heavy atom. The third-order valence-corrected chi connectivity index (χ3v) is 8.28. The summed E-state index contributed by atoms with van der Waals surface area (Å²) < 4.78 is 25.7. The summed E-state index contributed by atoms with van der Waals surface area (Å²) in [6.07, 6.45) is 3.51. The fourth-order valence-corrected chi connectivity index (χ4v) is 5.36. The molecule has 2 aliphatic rings. The van der Waals surface area contributed by atoms with Gasteiger partial charge in [0.2, 0.25) is 21.8 Å². The summed E-state index contributed by atoms with van der Waals surface area (Å²) in [6.45, 7) is 4.87. The predicted molar refractivity (Wildman–Crippen MR) is 112 cm³/mol. The van der Waals surface area contributed by atoms with Crippen LogP contribution in [0.5, 0.6) is 0 Å². The second-order valence-electron chi connectivity index (χ2n) is 8.59. The molecule has 1 aromatic carbocycles. The molecule has 2 fully saturated rings. The lowest BCUT2D eigenvalue weighted by Gasteiger charge is -2.40. The Morgan fingerprint density at radius 2 is 1.93 bits per heavy atom. The first kappa shape index (κ1) is 21.8. The van der Waals surface area contributed by atoms with Gasteiger partial charge in [-0.05, 0) is 36.5 Å². The summed E-state index contributed by atoms with van der Waals surface area (Å²) >= 11 is 0. The van der Waals surface area contributed by atoms with Crippen LogP contribution >= 0.6 is 0 Å². The van der Waals surface area contributed by atoms with E-state index in [1.54, 1.807) is 12.1 Å². The maximum atomic E-state index is 12.8. The SMILES string of the molecule is C[C@@H]1[C@@H](C)CCC[C@@H]1N1C[C@H](C(=O)Nc2cccc(S(=O)(=O)N(C)C)c2)CC1=O. The number of benzene rings is 1. The number of likely N-dealkylation sites (tertiary alicyclic amines) is 1. The third kappa shape index (κ3) is 4.48. The van der Waals surface area contributed by atoms with Gasteiger partial charge in [-0.3, -0.25) is 9.59 Å². The number of hydrogen-bond acceptors (Lipinski definition) is 4. The first-order chi connectivity index (χ1) is 13.6. The van der Waals surface area contributed by atoms with Crippen LogP contribution in [0.2, 0.25) is 0 Å². The average molecular weight is 422 g/mol. The van der Waals surface area contributed by atoms with Crippen LogP contribution in [0.3, 0.4) is 0 Å². The minimum Gasteiger partial charge on any atom is -0.339 e. The highest BCUT2D eigenvalue weighted by atomic mass is 32.2. The van der Waals surface area contributed by atoms with Gasteiger partial charge in [-0.15, -0.1) is 0 Å². The summed E-state index contributed by atoms with van der Waals surface area (Å²) in [6, 6.07) is 6.41. The molecule has 0 bridgehead atoms. The Bertz CT molecular complexity index is 884. The molecule has 4 atom stereocenters. The van der Waals surface area contributed by atoms with Gasteiger partial charge in [0.25, 0.3) is 0 Å². The van der Waals surface area contributed by atoms with Crippen molar-refractivity contribution in [2.24, 2.45) is 17.8 Å². The topological polar surface area (TPSA) is 86.8 Å². The van der Waals surface area contributed by atoms with Gasteiger partial charge in [0, 0.05) is 38.8 Å². The second kappa shape index (κ2) is 8.44. The van der Waals surface area contributed by atoms with Crippen molar-refractivity contribution in [2.75, 3.05) is 26.0 Å². The van der Waals surface area contributed by atoms with Crippen molar-refractivity contribution in [3.63, 3.8) is 0 Å². The van der Waals surface area contributed by atoms with Gasteiger partial charge in [0.1, 0.15) is 0 Å². The van der Waals surface area contributed by atoms with Crippen LogP contribution in [-0.2, 0) is 19.6 Å². The van der Waals surface area contributed by atoms with Crippen molar-refractivity contribution < 1.29 is 18.0 Å². The van der Waals surface area contributed by atoms with Crippen molar-refractivity contribution in [3.8, 4) is 0 Å². The molecule has 7 nitrogen and oxygen atoms in total. The average Bonchev–Trinajstić information content (AvgIpc) is 3.06. The lowest BCUT2D eigenvalue weighted by molar-refractivity contribution is -0.131. The molecule has 1 aliphatic carbocycles. The lowest BCUT2D eigenvalue weighted by atomic mass is 9.77. The molecule has 1 heterocycles. The minimum atomic E-state index is -3.58. The third-order valence-electron chi connectivity index (χ3n) is 6.47. The van der Waals surface area contributed by atoms with Gasteiger partial charge in [-0.2, -0.15) is 0 Å². The summed E-state index contributed by atoms with van der Waals surface area (Å²) in [7, 11) is -0.649. The molecule has 0 aromatic heterocycles. The maximum Gasteiger partial charge on any atom is 0.242 e. The zero-order valence-corrected chi connectivity index (χ0v) is 18.4. The molecule has 1 aromatic rings. The number of hydrogen-bond donors (Lipinski definition) is 1. The molecule has 29 heavy (non-hydrogen) atoms. The van der Waals surface area contributed by atoms with Gasteiger partial charge in [-0.25, -0.2) is 12.7 Å². The Kier molecular flexibility index (Phi) is 6.33. The molecule has 3 rings (SSSR count). The molecule has 0 radical (unpaired) electrons. The number of rotatable bonds is 5. The summed E-state index contributed by atoms with van der Waals surface area (Å²) in [5.74, 6) is 0.399. The normalized spacial score (nSPS) is 28.0. The van der Waals surface area contributed by atoms with Crippen LogP contribution in [0.15, 0.2) is 29.2 Å². The maximum absolute atomic E-state index is 12.8. The van der Waals surface area contributed by atoms with Crippen LogP contribution in [-0.4, -0.2) is 56.1 Å². The van der Waals surface area contributed by atoms with E-state index >= 15 is 0 Å². The molecule has 2 amide bonds. The van der Waals surface area contributed by atoms with Crippen molar-refractivity contribution in [2.45, 2.75) is 50.5 Å². The van der Waals surface area contributed by atoms with Crippen molar-refractivity contribution in [3.05, 3.63) is 24.3 Å². The number of amides is 2. The molecule has 8 heteroatoms. The van der Waals surface area contributed by atoms with E-state index in [0.29, 0.717) is 24.1 Å². The number of sulfonamides is 1. The fraction of sp³-hybridized carbons (Fsp3) is 0.619. The number of carbonyl (C=O) groups excluding carboxylic acids is 2. The van der Waals surface area contributed by atoms with Gasteiger partial charge in [0.05, 0.1) is 10.8 Å². The predicted octanol–water partition coefficient (Wildman–Crippen LogP) is 2.55. The first-order valence-electron chi connectivity index (χ1n) is 10.2. The van der Waals surface area contributed by atoms with Gasteiger partial charge >= 0.3 is 0 Å². The van der Waals surface area contributed by atoms with E-state index in [-0.39, 0.29) is 29.2 Å². The highest BCUT2D eigenvalue weighted by molar-refractivity contribution is 7.89. The van der Waals surface area contributed by atoms with Gasteiger partial charge < -0.3 is 10.2 Å². The second-order valence-corrected chi connectivity index (χ2v) is 10.7. The van der Waals surface area contributed by atoms with Gasteiger partial charge in [-0.1, -0.05) is 32.8 Å². The molecular formula is C21H31N3O4S. The van der Waals surface area contributed by atoms with Crippen LogP contribution < -0.4 is 5.32 Å². The smallest absolute Gasteiger partial charge is 0.242 e. The van der Waals surface area contributed by atoms with E-state index in [9.17, 15) is 18.0 Å². The number of nitrogens with zero attached hydrogens (tertiary/aromatic N) is 2. The zero-order chi connectivity index (χ0) is 21.3. The summed E-state index contributed by atoms with van der Waals surface area (Å²) in [5.41, 5.74) is 0.420. The number of nitrogens with one attached hydrogen (secondary N) is 1. The molecule has 1 N–H and O–H groups in total. The fourth-order valence-electron chi connectivity index (χ4n) is 4.41. The van der Waals surface area contributed by atoms with Crippen LogP contribution in [0.4, 0.5) is 5.69 Å². The minimum absolute atomic E-state index is 0.0417. The molecule has 1 saturated carbocycles. The molecular weight excluding hydrogens is 390 g/mol. The van der Waals surface area contributed by atoms with Crippen molar-refractivity contribution in [1.82, 2.24) is 9.21 Å². The van der Waals surface area contributed by atoms with E-state index in [4.69, 9.17) is 0 Å². The van der Waals surface area contributed by atoms with Crippen molar-refractivity contribution in [1.29, 1.82) is 0 Å². The number of anilines is 1. The van der Waals surface area contributed by atoms with E-state index < -0.39 is 15.9 Å². The zero-order valence-electron chi connectivity index (χ0n) is 17.6. The first-order valence-corrected chi connectivity index (χ1v) is 11.7. The molecule has 1 saturated heterocycles. The molecule has 1 aliphatic heterocycles. The highest BCUT2D eigenvalue weighted by Gasteiger charge is 2.41.